The molecular weight excluding hydrogens is 338 g/mol. The van der Waals surface area contributed by atoms with Crippen LogP contribution in [0.3, 0.4) is 0 Å². The van der Waals surface area contributed by atoms with Crippen molar-refractivity contribution in [1.29, 1.82) is 0 Å². The fourth-order valence-electron chi connectivity index (χ4n) is 5.25. The molecule has 2 saturated carbocycles. The number of hydrogen-bond acceptors (Lipinski definition) is 1. The largest absolute Gasteiger partial charge is 0.328 e. The summed E-state index contributed by atoms with van der Waals surface area (Å²) < 4.78 is 0. The first-order valence-corrected chi connectivity index (χ1v) is 11.6. The van der Waals surface area contributed by atoms with Gasteiger partial charge in [0.25, 0.3) is 0 Å². The molecule has 0 heterocycles. The maximum absolute atomic E-state index is 6.03. The zero-order chi connectivity index (χ0) is 19.3. The van der Waals surface area contributed by atoms with E-state index in [4.69, 9.17) is 5.73 Å². The average Bonchev–Trinajstić information content (AvgIpc) is 2.74. The Labute approximate surface area is 171 Å². The Morgan fingerprint density at radius 1 is 0.714 bits per heavy atom. The molecule has 1 heteroatoms. The average molecular weight is 376 g/mol. The maximum Gasteiger partial charge on any atom is 0.00390 e. The van der Waals surface area contributed by atoms with Gasteiger partial charge in [-0.2, -0.15) is 0 Å². The number of benzene rings is 2. The van der Waals surface area contributed by atoms with Crippen molar-refractivity contribution >= 4 is 0 Å². The molecule has 0 radical (unpaired) electrons. The van der Waals surface area contributed by atoms with E-state index in [1.165, 1.54) is 80.9 Å². The van der Waals surface area contributed by atoms with Gasteiger partial charge in [0.2, 0.25) is 0 Å². The van der Waals surface area contributed by atoms with Gasteiger partial charge in [-0.05, 0) is 91.4 Å². The number of hydrogen-bond donors (Lipinski definition) is 1. The second-order valence-corrected chi connectivity index (χ2v) is 9.60. The number of nitrogens with two attached hydrogens (primary N) is 1. The van der Waals surface area contributed by atoms with Crippen molar-refractivity contribution in [2.75, 3.05) is 0 Å². The summed E-state index contributed by atoms with van der Waals surface area (Å²) in [5.74, 6) is 2.58. The Morgan fingerprint density at radius 2 is 1.29 bits per heavy atom. The second-order valence-electron chi connectivity index (χ2n) is 9.60. The highest BCUT2D eigenvalue weighted by Gasteiger charge is 2.20. The molecular formula is C27H37N. The van der Waals surface area contributed by atoms with E-state index in [0.717, 1.165) is 17.8 Å². The molecule has 4 rings (SSSR count). The smallest absolute Gasteiger partial charge is 0.00390 e. The molecule has 0 atom stereocenters. The SMILES string of the molecule is CC1CCC(c2ccc(-c3ccc(CCC4CCC(N)CC4)cc3)cc2)CC1. The molecule has 2 fully saturated rings. The van der Waals surface area contributed by atoms with Gasteiger partial charge in [0.05, 0.1) is 0 Å². The molecule has 0 amide bonds. The van der Waals surface area contributed by atoms with Gasteiger partial charge < -0.3 is 5.73 Å². The quantitative estimate of drug-likeness (QED) is 0.592. The lowest BCUT2D eigenvalue weighted by molar-refractivity contribution is 0.311. The van der Waals surface area contributed by atoms with Gasteiger partial charge in [-0.3, -0.25) is 0 Å². The van der Waals surface area contributed by atoms with E-state index in [0.29, 0.717) is 6.04 Å². The van der Waals surface area contributed by atoms with Crippen molar-refractivity contribution in [2.45, 2.75) is 83.1 Å². The fourth-order valence-corrected chi connectivity index (χ4v) is 5.25. The molecule has 150 valence electrons. The van der Waals surface area contributed by atoms with Gasteiger partial charge in [-0.25, -0.2) is 0 Å². The van der Waals surface area contributed by atoms with Crippen molar-refractivity contribution in [3.05, 3.63) is 59.7 Å². The third kappa shape index (κ3) is 5.06. The number of rotatable bonds is 5. The molecule has 28 heavy (non-hydrogen) atoms. The Balaban J connectivity index is 1.32. The third-order valence-electron chi connectivity index (χ3n) is 7.42. The summed E-state index contributed by atoms with van der Waals surface area (Å²) >= 11 is 0. The van der Waals surface area contributed by atoms with E-state index < -0.39 is 0 Å². The summed E-state index contributed by atoms with van der Waals surface area (Å²) in [5.41, 5.74) is 11.7. The normalized spacial score (nSPS) is 28.2. The van der Waals surface area contributed by atoms with Crippen molar-refractivity contribution in [2.24, 2.45) is 17.6 Å². The predicted molar refractivity (Wildman–Crippen MR) is 121 cm³/mol. The van der Waals surface area contributed by atoms with Crippen LogP contribution in [0.15, 0.2) is 48.5 Å². The molecule has 1 nitrogen and oxygen atoms in total. The van der Waals surface area contributed by atoms with Crippen LogP contribution < -0.4 is 5.73 Å². The van der Waals surface area contributed by atoms with Gasteiger partial charge in [0, 0.05) is 6.04 Å². The highest BCUT2D eigenvalue weighted by molar-refractivity contribution is 5.64. The third-order valence-corrected chi connectivity index (χ3v) is 7.42. The Bertz CT molecular complexity index is 714. The van der Waals surface area contributed by atoms with E-state index in [1.54, 1.807) is 5.56 Å². The molecule has 0 bridgehead atoms. The summed E-state index contributed by atoms with van der Waals surface area (Å²) in [6, 6.07) is 19.1. The Kier molecular flexibility index (Phi) is 6.52. The van der Waals surface area contributed by atoms with Gasteiger partial charge in [0.15, 0.2) is 0 Å². The van der Waals surface area contributed by atoms with Crippen molar-refractivity contribution in [3.63, 3.8) is 0 Å². The minimum absolute atomic E-state index is 0.462. The fraction of sp³-hybridized carbons (Fsp3) is 0.556. The van der Waals surface area contributed by atoms with Gasteiger partial charge in [0.1, 0.15) is 0 Å². The van der Waals surface area contributed by atoms with Crippen LogP contribution >= 0.6 is 0 Å². The standard InChI is InChI=1S/C27H37N/c1-20-2-10-23(11-3-20)25-14-16-26(17-15-25)24-12-6-21(7-13-24)4-5-22-8-18-27(28)19-9-22/h6-7,12-17,20,22-23,27H,2-5,8-11,18-19,28H2,1H3. The van der Waals surface area contributed by atoms with Crippen molar-refractivity contribution in [1.82, 2.24) is 0 Å². The van der Waals surface area contributed by atoms with Crippen LogP contribution in [0.1, 0.15) is 81.8 Å². The first kappa shape index (κ1) is 19.7. The van der Waals surface area contributed by atoms with Crippen LogP contribution in [-0.4, -0.2) is 6.04 Å². The monoisotopic (exact) mass is 375 g/mol. The summed E-state index contributed by atoms with van der Waals surface area (Å²) in [6.07, 6.45) is 13.1. The highest BCUT2D eigenvalue weighted by atomic mass is 14.6. The zero-order valence-corrected chi connectivity index (χ0v) is 17.6. The van der Waals surface area contributed by atoms with Gasteiger partial charge >= 0.3 is 0 Å². The zero-order valence-electron chi connectivity index (χ0n) is 17.6. The molecule has 2 aromatic carbocycles. The molecule has 0 unspecified atom stereocenters. The van der Waals surface area contributed by atoms with E-state index in [2.05, 4.69) is 55.5 Å². The lowest BCUT2D eigenvalue weighted by atomic mass is 9.79. The first-order chi connectivity index (χ1) is 13.7. The van der Waals surface area contributed by atoms with Crippen LogP contribution in [0.4, 0.5) is 0 Å². The number of aryl methyl sites for hydroxylation is 1. The molecule has 2 N–H and O–H groups in total. The van der Waals surface area contributed by atoms with Gasteiger partial charge in [-0.15, -0.1) is 0 Å². The summed E-state index contributed by atoms with van der Waals surface area (Å²) in [5, 5.41) is 0. The summed E-state index contributed by atoms with van der Waals surface area (Å²) in [6.45, 7) is 2.40. The van der Waals surface area contributed by atoms with E-state index in [9.17, 15) is 0 Å². The summed E-state index contributed by atoms with van der Waals surface area (Å²) in [7, 11) is 0. The lowest BCUT2D eigenvalue weighted by Gasteiger charge is -2.26. The molecule has 0 spiro atoms. The van der Waals surface area contributed by atoms with Crippen LogP contribution in [-0.2, 0) is 6.42 Å². The maximum atomic E-state index is 6.03. The Hall–Kier alpha value is -1.60. The highest BCUT2D eigenvalue weighted by Crippen LogP contribution is 2.36. The van der Waals surface area contributed by atoms with Crippen LogP contribution in [0.5, 0.6) is 0 Å². The minimum atomic E-state index is 0.462. The van der Waals surface area contributed by atoms with E-state index in [1.807, 2.05) is 0 Å². The van der Waals surface area contributed by atoms with Crippen molar-refractivity contribution in [3.8, 4) is 11.1 Å². The van der Waals surface area contributed by atoms with E-state index in [-0.39, 0.29) is 0 Å². The van der Waals surface area contributed by atoms with Crippen LogP contribution in [0.2, 0.25) is 0 Å². The van der Waals surface area contributed by atoms with Crippen LogP contribution in [0.25, 0.3) is 11.1 Å². The lowest BCUT2D eigenvalue weighted by Crippen LogP contribution is -2.26. The molecule has 0 aliphatic heterocycles. The van der Waals surface area contributed by atoms with Crippen LogP contribution in [0, 0.1) is 11.8 Å². The predicted octanol–water partition coefficient (Wildman–Crippen LogP) is 7.10. The van der Waals surface area contributed by atoms with Gasteiger partial charge in [-0.1, -0.05) is 68.3 Å². The molecule has 2 aliphatic rings. The second kappa shape index (κ2) is 9.27. The molecule has 2 aromatic rings. The molecule has 0 saturated heterocycles. The first-order valence-electron chi connectivity index (χ1n) is 11.6. The summed E-state index contributed by atoms with van der Waals surface area (Å²) in [4.78, 5) is 0. The Morgan fingerprint density at radius 3 is 1.89 bits per heavy atom. The topological polar surface area (TPSA) is 26.0 Å². The van der Waals surface area contributed by atoms with Crippen molar-refractivity contribution < 1.29 is 0 Å². The molecule has 2 aliphatic carbocycles. The molecule has 0 aromatic heterocycles. The minimum Gasteiger partial charge on any atom is -0.328 e. The van der Waals surface area contributed by atoms with E-state index >= 15 is 0 Å².